The molecule has 11 nitrogen and oxygen atoms in total. The van der Waals surface area contributed by atoms with Gasteiger partial charge in [-0.1, -0.05) is 30.3 Å². The monoisotopic (exact) mass is 436 g/mol. The van der Waals surface area contributed by atoms with Gasteiger partial charge in [-0.05, 0) is 5.56 Å². The predicted molar refractivity (Wildman–Crippen MR) is 101 cm³/mol. The predicted octanol–water partition coefficient (Wildman–Crippen LogP) is 0.00730. The van der Waals surface area contributed by atoms with Gasteiger partial charge in [0.1, 0.15) is 18.5 Å². The maximum Gasteiger partial charge on any atom is 0.333 e. The zero-order chi connectivity index (χ0) is 21.1. The summed E-state index contributed by atoms with van der Waals surface area (Å²) in [5.74, 6) is 0.454. The van der Waals surface area contributed by atoms with Crippen LogP contribution in [0, 0.1) is 0 Å². The summed E-state index contributed by atoms with van der Waals surface area (Å²) in [5, 5.41) is 18.4. The second-order valence-electron chi connectivity index (χ2n) is 7.13. The average molecular weight is 436 g/mol. The van der Waals surface area contributed by atoms with Gasteiger partial charge in [0.15, 0.2) is 35.0 Å². The fraction of sp³-hybridized carbons (Fsp3) is 0.353. The Morgan fingerprint density at radius 1 is 1.30 bits per heavy atom. The molecule has 2 aliphatic rings. The number of benzene rings is 1. The van der Waals surface area contributed by atoms with Crippen molar-refractivity contribution in [2.45, 2.75) is 36.8 Å². The van der Waals surface area contributed by atoms with Gasteiger partial charge in [-0.2, -0.15) is 8.42 Å². The number of rotatable bonds is 6. The highest BCUT2D eigenvalue weighted by Crippen LogP contribution is 2.57. The highest BCUT2D eigenvalue weighted by Gasteiger charge is 2.80. The minimum Gasteiger partial charge on any atom is -0.381 e. The third-order valence-corrected chi connectivity index (χ3v) is 5.70. The lowest BCUT2D eigenvalue weighted by atomic mass is 10.2. The molecular weight excluding hydrogens is 419 g/mol. The van der Waals surface area contributed by atoms with E-state index in [2.05, 4.69) is 24.5 Å². The Hall–Kier alpha value is -2.71. The summed E-state index contributed by atoms with van der Waals surface area (Å²) in [4.78, 5) is 12.6. The summed E-state index contributed by atoms with van der Waals surface area (Å²) >= 11 is 0. The second kappa shape index (κ2) is 6.65. The van der Waals surface area contributed by atoms with E-state index >= 15 is 0 Å². The molecule has 0 bridgehead atoms. The average Bonchev–Trinajstić information content (AvgIpc) is 3.01. The first kappa shape index (κ1) is 19.3. The number of aromatic nitrogens is 4. The molecule has 2 fully saturated rings. The number of nitrogens with zero attached hydrogens (tertiary/aromatic N) is 4. The van der Waals surface area contributed by atoms with E-state index in [1.165, 1.54) is 17.2 Å². The Kier molecular flexibility index (Phi) is 4.27. The minimum atomic E-state index is -4.36. The van der Waals surface area contributed by atoms with E-state index in [4.69, 9.17) is 9.88 Å². The SMILES string of the molecule is NS(=O)(=O)OC1[C@H]2O[C@@H](n3cnc4c(NCc5ccccc5)ncnc43)[C@H](F)[C@@]12O. The van der Waals surface area contributed by atoms with E-state index in [0.717, 1.165) is 5.56 Å². The van der Waals surface area contributed by atoms with Gasteiger partial charge in [-0.15, -0.1) is 0 Å². The number of halogens is 1. The fourth-order valence-corrected chi connectivity index (χ4v) is 4.24. The van der Waals surface area contributed by atoms with Crippen molar-refractivity contribution in [3.8, 4) is 0 Å². The topological polar surface area (TPSA) is 154 Å². The standard InChI is InChI=1S/C17H17FN6O5S/c18-11-16(28-12-13(17(11,12)25)29-30(19,26)27)24-8-23-10-14(21-7-22-15(10)24)20-6-9-4-2-1-3-5-9/h1-5,7-8,11-13,16,25H,6H2,(H2,19,26,27)(H,20,21,22)/t11-,12+,13?,16+,17-/m0/s1. The molecule has 1 aromatic carbocycles. The number of ether oxygens (including phenoxy) is 1. The molecule has 1 unspecified atom stereocenters. The summed E-state index contributed by atoms with van der Waals surface area (Å²) in [6, 6.07) is 9.67. The maximum absolute atomic E-state index is 15.0. The summed E-state index contributed by atoms with van der Waals surface area (Å²) in [7, 11) is -4.36. The second-order valence-corrected chi connectivity index (χ2v) is 8.31. The quantitative estimate of drug-likeness (QED) is 0.484. The van der Waals surface area contributed by atoms with Crippen molar-refractivity contribution in [3.05, 3.63) is 48.5 Å². The third kappa shape index (κ3) is 3.02. The Labute approximate surface area is 169 Å². The smallest absolute Gasteiger partial charge is 0.333 e. The molecular formula is C17H17FN6O5S. The lowest BCUT2D eigenvalue weighted by molar-refractivity contribution is -0.0544. The van der Waals surface area contributed by atoms with Crippen LogP contribution in [0.5, 0.6) is 0 Å². The van der Waals surface area contributed by atoms with Crippen molar-refractivity contribution in [1.82, 2.24) is 19.5 Å². The molecule has 30 heavy (non-hydrogen) atoms. The number of hydrogen-bond acceptors (Lipinski definition) is 9. The molecule has 1 saturated heterocycles. The van der Waals surface area contributed by atoms with Crippen LogP contribution in [0.15, 0.2) is 43.0 Å². The van der Waals surface area contributed by atoms with Crippen molar-refractivity contribution >= 4 is 27.3 Å². The third-order valence-electron chi connectivity index (χ3n) is 5.23. The van der Waals surface area contributed by atoms with Crippen LogP contribution in [0.1, 0.15) is 11.8 Å². The van der Waals surface area contributed by atoms with Crippen LogP contribution in [-0.2, 0) is 25.8 Å². The van der Waals surface area contributed by atoms with Crippen molar-refractivity contribution < 1.29 is 26.8 Å². The zero-order valence-corrected chi connectivity index (χ0v) is 16.1. The molecule has 1 saturated carbocycles. The summed E-state index contributed by atoms with van der Waals surface area (Å²) in [6.45, 7) is 0.500. The molecule has 1 aliphatic heterocycles. The Morgan fingerprint density at radius 3 is 2.73 bits per heavy atom. The van der Waals surface area contributed by atoms with Crippen LogP contribution in [0.2, 0.25) is 0 Å². The first-order valence-corrected chi connectivity index (χ1v) is 10.4. The van der Waals surface area contributed by atoms with Gasteiger partial charge in [0.25, 0.3) is 0 Å². The first-order chi connectivity index (χ1) is 14.3. The Morgan fingerprint density at radius 2 is 2.07 bits per heavy atom. The number of nitrogens with two attached hydrogens (primary N) is 1. The summed E-state index contributed by atoms with van der Waals surface area (Å²) in [5.41, 5.74) is -0.388. The van der Waals surface area contributed by atoms with Crippen LogP contribution in [0.25, 0.3) is 11.2 Å². The van der Waals surface area contributed by atoms with Gasteiger partial charge in [-0.3, -0.25) is 4.57 Å². The molecule has 4 N–H and O–H groups in total. The molecule has 13 heteroatoms. The lowest BCUT2D eigenvalue weighted by Gasteiger charge is -2.21. The first-order valence-electron chi connectivity index (χ1n) is 8.97. The fourth-order valence-electron chi connectivity index (χ4n) is 3.70. The number of aliphatic hydroxyl groups is 1. The van der Waals surface area contributed by atoms with Crippen molar-refractivity contribution in [3.63, 3.8) is 0 Å². The number of nitrogens with one attached hydrogen (secondary N) is 1. The normalized spacial score (nSPS) is 30.4. The molecule has 5 rings (SSSR count). The molecule has 1 aliphatic carbocycles. The molecule has 0 radical (unpaired) electrons. The van der Waals surface area contributed by atoms with E-state index in [-0.39, 0.29) is 0 Å². The van der Waals surface area contributed by atoms with Crippen molar-refractivity contribution in [1.29, 1.82) is 0 Å². The van der Waals surface area contributed by atoms with Gasteiger partial charge in [0.2, 0.25) is 0 Å². The van der Waals surface area contributed by atoms with Crippen LogP contribution in [0.3, 0.4) is 0 Å². The molecule has 3 heterocycles. The van der Waals surface area contributed by atoms with E-state index in [1.807, 2.05) is 30.3 Å². The minimum absolute atomic E-state index is 0.294. The van der Waals surface area contributed by atoms with Crippen LogP contribution < -0.4 is 10.5 Å². The number of hydrogen-bond donors (Lipinski definition) is 3. The highest BCUT2D eigenvalue weighted by atomic mass is 32.2. The van der Waals surface area contributed by atoms with Crippen LogP contribution in [0.4, 0.5) is 10.2 Å². The van der Waals surface area contributed by atoms with Crippen LogP contribution in [-0.4, -0.2) is 57.0 Å². The molecule has 2 aromatic heterocycles. The number of alkyl halides is 1. The lowest BCUT2D eigenvalue weighted by Crippen LogP contribution is -2.35. The van der Waals surface area contributed by atoms with Crippen molar-refractivity contribution in [2.75, 3.05) is 5.32 Å². The molecule has 5 atom stereocenters. The Bertz CT molecular complexity index is 1210. The van der Waals surface area contributed by atoms with E-state index in [0.29, 0.717) is 23.5 Å². The van der Waals surface area contributed by atoms with E-state index < -0.39 is 40.5 Å². The van der Waals surface area contributed by atoms with E-state index in [1.54, 1.807) is 0 Å². The summed E-state index contributed by atoms with van der Waals surface area (Å²) < 4.78 is 48.5. The van der Waals surface area contributed by atoms with Gasteiger partial charge in [0.05, 0.1) is 6.33 Å². The largest absolute Gasteiger partial charge is 0.381 e. The van der Waals surface area contributed by atoms with Gasteiger partial charge in [0, 0.05) is 6.54 Å². The number of imidazole rings is 1. The summed E-state index contributed by atoms with van der Waals surface area (Å²) in [6.07, 6.45) is -3.19. The van der Waals surface area contributed by atoms with Crippen molar-refractivity contribution in [2.24, 2.45) is 5.14 Å². The van der Waals surface area contributed by atoms with Gasteiger partial charge in [-0.25, -0.2) is 28.7 Å². The Balaban J connectivity index is 1.38. The maximum atomic E-state index is 15.0. The molecule has 158 valence electrons. The molecule has 0 amide bonds. The number of fused-ring (bicyclic) bond motifs is 2. The number of anilines is 1. The van der Waals surface area contributed by atoms with Gasteiger partial charge >= 0.3 is 10.3 Å². The van der Waals surface area contributed by atoms with Gasteiger partial charge < -0.3 is 15.2 Å². The zero-order valence-electron chi connectivity index (χ0n) is 15.3. The molecule has 3 aromatic rings. The highest BCUT2D eigenvalue weighted by molar-refractivity contribution is 7.84. The van der Waals surface area contributed by atoms with Crippen LogP contribution >= 0.6 is 0 Å². The molecule has 0 spiro atoms. The van der Waals surface area contributed by atoms with E-state index in [9.17, 15) is 17.9 Å².